The van der Waals surface area contributed by atoms with Gasteiger partial charge in [0, 0.05) is 22.3 Å². The first kappa shape index (κ1) is 69.8. The zero-order chi connectivity index (χ0) is 69.4. The second kappa shape index (κ2) is 33.5. The fourth-order valence-electron chi connectivity index (χ4n) is 10.1. The molecule has 20 nitrogen and oxygen atoms in total. The molecule has 97 heavy (non-hydrogen) atoms. The van der Waals surface area contributed by atoms with Crippen LogP contribution in [0.4, 0.5) is 0 Å². The van der Waals surface area contributed by atoms with Crippen molar-refractivity contribution >= 4 is 46.2 Å². The summed E-state index contributed by atoms with van der Waals surface area (Å²) in [6, 6.07) is 59.9. The molecule has 0 aliphatic rings. The first-order valence-corrected chi connectivity index (χ1v) is 29.6. The number of rotatable bonds is 28. The molecule has 0 unspecified atom stereocenters. The molecule has 0 spiro atoms. The first-order chi connectivity index (χ1) is 47.1. The molecular weight excluding hydrogens is 1240 g/mol. The van der Waals surface area contributed by atoms with Crippen LogP contribution in [-0.4, -0.2) is 107 Å². The monoisotopic (exact) mass is 1300 g/mol. The maximum absolute atomic E-state index is 15.1. The molecular formula is C77H64N4O16. The Hall–Kier alpha value is -13.0. The van der Waals surface area contributed by atoms with Gasteiger partial charge in [-0.25, -0.2) is 19.2 Å². The van der Waals surface area contributed by atoms with Crippen molar-refractivity contribution in [2.45, 2.75) is 0 Å². The van der Waals surface area contributed by atoms with Crippen molar-refractivity contribution in [2.24, 2.45) is 5.41 Å². The van der Waals surface area contributed by atoms with E-state index in [4.69, 9.17) is 56.8 Å². The van der Waals surface area contributed by atoms with E-state index in [-0.39, 0.29) is 22.3 Å². The van der Waals surface area contributed by atoms with Gasteiger partial charge in [0.1, 0.15) is 124 Å². The van der Waals surface area contributed by atoms with Gasteiger partial charge in [-0.2, -0.15) is 21.0 Å². The summed E-state index contributed by atoms with van der Waals surface area (Å²) in [5.41, 5.74) is -1.24. The smallest absolute Gasteiger partial charge is 0.349 e. The Balaban J connectivity index is 1.34. The molecule has 8 aromatic carbocycles. The number of esters is 4. The van der Waals surface area contributed by atoms with Crippen molar-refractivity contribution in [2.75, 3.05) is 83.3 Å². The van der Waals surface area contributed by atoms with E-state index in [2.05, 4.69) is 0 Å². The first-order valence-electron chi connectivity index (χ1n) is 29.6. The molecule has 0 aromatic heterocycles. The molecule has 0 radical (unpaired) electrons. The summed E-state index contributed by atoms with van der Waals surface area (Å²) in [7, 11) is 11.8. The van der Waals surface area contributed by atoms with Crippen molar-refractivity contribution in [1.82, 2.24) is 0 Å². The lowest BCUT2D eigenvalue weighted by Crippen LogP contribution is -2.44. The van der Waals surface area contributed by atoms with E-state index in [1.54, 1.807) is 194 Å². The molecule has 8 rings (SSSR count). The van der Waals surface area contributed by atoms with Gasteiger partial charge in [-0.05, 0) is 142 Å². The summed E-state index contributed by atoms with van der Waals surface area (Å²) in [4.78, 5) is 60.5. The second-order valence-corrected chi connectivity index (χ2v) is 21.1. The molecule has 0 aliphatic carbocycles. The van der Waals surface area contributed by atoms with E-state index in [1.807, 2.05) is 24.3 Å². The number of hydrogen-bond donors (Lipinski definition) is 0. The number of ether oxygens (including phenoxy) is 12. The van der Waals surface area contributed by atoms with E-state index in [1.165, 1.54) is 56.9 Å². The van der Waals surface area contributed by atoms with Crippen molar-refractivity contribution in [1.29, 1.82) is 21.0 Å². The lowest BCUT2D eigenvalue weighted by Gasteiger charge is -2.32. The fourth-order valence-corrected chi connectivity index (χ4v) is 10.1. The van der Waals surface area contributed by atoms with Crippen LogP contribution in [0.1, 0.15) is 44.5 Å². The van der Waals surface area contributed by atoms with Crippen molar-refractivity contribution in [3.63, 3.8) is 0 Å². The maximum Gasteiger partial charge on any atom is 0.349 e. The SMILES string of the molecule is COc1ccc(C(=C(C#N)C(=O)OCC(COC(=O)C(C#N)=C(c2ccc(OC)cc2)c2ccc(OC)cc2)(COC(=O)C(C#N)=C(c2ccc(OC)cc2)c2ccc(OC)cc2)COC(=O)C(C#N)=C(c2ccc(OC)cc2)c2ccc(OC)cc2)c2ccc(OC)cc2)cc1. The van der Waals surface area contributed by atoms with Crippen LogP contribution in [0.5, 0.6) is 46.0 Å². The van der Waals surface area contributed by atoms with Crippen molar-refractivity contribution < 1.29 is 76.0 Å². The Morgan fingerprint density at radius 2 is 0.371 bits per heavy atom. The Labute approximate surface area is 560 Å². The molecule has 0 heterocycles. The zero-order valence-corrected chi connectivity index (χ0v) is 54.1. The minimum atomic E-state index is -2.29. The van der Waals surface area contributed by atoms with Gasteiger partial charge in [-0.1, -0.05) is 97.1 Å². The number of nitrogens with zero attached hydrogens (tertiary/aromatic N) is 4. The normalized spacial score (nSPS) is 10.4. The van der Waals surface area contributed by atoms with Gasteiger partial charge in [0.2, 0.25) is 0 Å². The molecule has 0 saturated carbocycles. The van der Waals surface area contributed by atoms with Crippen LogP contribution in [-0.2, 0) is 38.1 Å². The summed E-state index contributed by atoms with van der Waals surface area (Å²) in [5.74, 6) is -1.40. The van der Waals surface area contributed by atoms with Crippen LogP contribution < -0.4 is 37.9 Å². The Bertz CT molecular complexity index is 3660. The average molecular weight is 1300 g/mol. The standard InChI is InChI=1S/C77H64N4O16/c1-86-57-25-9-49(10-26-57)69(50-11-27-58(87-2)28-12-50)65(41-78)73(82)94-45-77(46-95-74(83)66(42-79)70(51-13-29-59(88-3)30-14-51)52-15-31-60(89-4)32-16-52,47-96-75(84)67(43-80)71(53-17-33-61(90-5)34-18-53)54-19-35-62(91-6)36-20-54)48-97-76(85)68(44-81)72(55-21-37-63(92-7)38-22-55)56-23-39-64(93-8)40-24-56/h9-40H,45-48H2,1-8H3. The summed E-state index contributed by atoms with van der Waals surface area (Å²) in [6.45, 7) is -4.10. The number of carbonyl (C=O) groups excluding carboxylic acids is 4. The highest BCUT2D eigenvalue weighted by Crippen LogP contribution is 2.37. The molecule has 488 valence electrons. The van der Waals surface area contributed by atoms with Gasteiger partial charge in [-0.15, -0.1) is 0 Å². The predicted molar refractivity (Wildman–Crippen MR) is 357 cm³/mol. The zero-order valence-electron chi connectivity index (χ0n) is 54.1. The van der Waals surface area contributed by atoms with E-state index in [0.717, 1.165) is 0 Å². The topological polar surface area (TPSA) is 274 Å². The lowest BCUT2D eigenvalue weighted by atomic mass is 9.90. The molecule has 0 fully saturated rings. The highest BCUT2D eigenvalue weighted by Gasteiger charge is 2.41. The Morgan fingerprint density at radius 3 is 0.474 bits per heavy atom. The predicted octanol–water partition coefficient (Wildman–Crippen LogP) is 12.3. The number of methoxy groups -OCH3 is 8. The number of benzene rings is 8. The van der Waals surface area contributed by atoms with Crippen LogP contribution in [0.2, 0.25) is 0 Å². The molecule has 0 bridgehead atoms. The van der Waals surface area contributed by atoms with Gasteiger partial charge in [0.25, 0.3) is 0 Å². The summed E-state index contributed by atoms with van der Waals surface area (Å²) >= 11 is 0. The van der Waals surface area contributed by atoms with Crippen LogP contribution in [0.15, 0.2) is 216 Å². The number of nitriles is 4. The molecule has 8 aromatic rings. The summed E-state index contributed by atoms with van der Waals surface area (Å²) < 4.78 is 68.1. The van der Waals surface area contributed by atoms with E-state index in [0.29, 0.717) is 90.5 Å². The van der Waals surface area contributed by atoms with Crippen LogP contribution in [0.3, 0.4) is 0 Å². The highest BCUT2D eigenvalue weighted by atomic mass is 16.6. The second-order valence-electron chi connectivity index (χ2n) is 21.1. The molecule has 0 N–H and O–H groups in total. The van der Waals surface area contributed by atoms with Gasteiger partial charge < -0.3 is 56.8 Å². The lowest BCUT2D eigenvalue weighted by molar-refractivity contribution is -0.165. The molecule has 0 aliphatic heterocycles. The third kappa shape index (κ3) is 17.0. The van der Waals surface area contributed by atoms with E-state index >= 15 is 19.2 Å². The molecule has 0 saturated heterocycles. The van der Waals surface area contributed by atoms with Gasteiger partial charge in [-0.3, -0.25) is 0 Å². The van der Waals surface area contributed by atoms with E-state index in [9.17, 15) is 21.0 Å². The average Bonchev–Trinajstić information content (AvgIpc) is 0.851. The van der Waals surface area contributed by atoms with Crippen LogP contribution in [0.25, 0.3) is 22.3 Å². The number of hydrogen-bond acceptors (Lipinski definition) is 20. The van der Waals surface area contributed by atoms with Gasteiger partial charge in [0.05, 0.1) is 56.9 Å². The maximum atomic E-state index is 15.1. The van der Waals surface area contributed by atoms with Crippen LogP contribution >= 0.6 is 0 Å². The molecule has 0 atom stereocenters. The third-order valence-corrected chi connectivity index (χ3v) is 15.3. The Morgan fingerprint density at radius 1 is 0.247 bits per heavy atom. The molecule has 20 heteroatoms. The minimum absolute atomic E-state index is 0.0860. The Kier molecular flexibility index (Phi) is 24.1. The van der Waals surface area contributed by atoms with Gasteiger partial charge >= 0.3 is 23.9 Å². The summed E-state index contributed by atoms with van der Waals surface area (Å²) in [6.07, 6.45) is 0. The molecule has 0 amide bonds. The van der Waals surface area contributed by atoms with Crippen molar-refractivity contribution in [3.05, 3.63) is 261 Å². The van der Waals surface area contributed by atoms with Crippen LogP contribution in [0, 0.1) is 50.7 Å². The van der Waals surface area contributed by atoms with Crippen molar-refractivity contribution in [3.8, 4) is 70.3 Å². The quantitative estimate of drug-likeness (QED) is 0.0191. The third-order valence-electron chi connectivity index (χ3n) is 15.3. The highest BCUT2D eigenvalue weighted by molar-refractivity contribution is 6.08. The number of carbonyl (C=O) groups is 4. The largest absolute Gasteiger partial charge is 0.497 e. The minimum Gasteiger partial charge on any atom is -0.497 e. The summed E-state index contributed by atoms with van der Waals surface area (Å²) in [5, 5.41) is 44.4. The van der Waals surface area contributed by atoms with Gasteiger partial charge in [0.15, 0.2) is 0 Å². The van der Waals surface area contributed by atoms with E-state index < -0.39 is 78.0 Å². The fraction of sp³-hybridized carbons (Fsp3) is 0.169.